The molecular formula is C19H21NO7. The van der Waals surface area contributed by atoms with Crippen LogP contribution in [0.25, 0.3) is 6.08 Å². The highest BCUT2D eigenvalue weighted by Crippen LogP contribution is 2.38. The Hall–Kier alpha value is -3.29. The number of imide groups is 1. The lowest BCUT2D eigenvalue weighted by Gasteiger charge is -2.23. The van der Waals surface area contributed by atoms with Crippen LogP contribution in [0.5, 0.6) is 17.2 Å². The molecule has 0 unspecified atom stereocenters. The van der Waals surface area contributed by atoms with E-state index in [-0.39, 0.29) is 12.1 Å². The van der Waals surface area contributed by atoms with Crippen LogP contribution in [0.3, 0.4) is 0 Å². The Morgan fingerprint density at radius 3 is 2.19 bits per heavy atom. The molecule has 27 heavy (non-hydrogen) atoms. The number of amides is 2. The molecule has 2 rings (SSSR count). The summed E-state index contributed by atoms with van der Waals surface area (Å²) < 4.78 is 20.3. The molecule has 8 nitrogen and oxygen atoms in total. The smallest absolute Gasteiger partial charge is 0.343 e. The summed E-state index contributed by atoms with van der Waals surface area (Å²) in [5, 5.41) is 0. The highest BCUT2D eigenvalue weighted by Gasteiger charge is 2.30. The van der Waals surface area contributed by atoms with E-state index in [1.54, 1.807) is 12.1 Å². The SMILES string of the molecule is COC(=O)C1=CCCN(C(=O)/C=C/c2cc(OC)c(OC)c(OC)c2)C1=O. The number of esters is 1. The van der Waals surface area contributed by atoms with Crippen LogP contribution in [0.4, 0.5) is 0 Å². The average molecular weight is 375 g/mol. The Morgan fingerprint density at radius 2 is 1.67 bits per heavy atom. The van der Waals surface area contributed by atoms with Gasteiger partial charge in [0.1, 0.15) is 5.57 Å². The van der Waals surface area contributed by atoms with Crippen LogP contribution in [0, 0.1) is 0 Å². The van der Waals surface area contributed by atoms with Crippen molar-refractivity contribution >= 4 is 23.9 Å². The molecule has 1 aromatic rings. The Labute approximate surface area is 156 Å². The number of ether oxygens (including phenoxy) is 4. The first kappa shape index (κ1) is 20.0. The summed E-state index contributed by atoms with van der Waals surface area (Å²) in [7, 11) is 5.65. The van der Waals surface area contributed by atoms with Crippen LogP contribution < -0.4 is 14.2 Å². The van der Waals surface area contributed by atoms with Gasteiger partial charge in [0.25, 0.3) is 11.8 Å². The molecule has 8 heteroatoms. The van der Waals surface area contributed by atoms with Gasteiger partial charge in [-0.3, -0.25) is 14.5 Å². The zero-order valence-corrected chi connectivity index (χ0v) is 15.6. The number of benzene rings is 1. The number of nitrogens with zero attached hydrogens (tertiary/aromatic N) is 1. The number of hydrogen-bond donors (Lipinski definition) is 0. The molecule has 0 bridgehead atoms. The van der Waals surface area contributed by atoms with Crippen LogP contribution in [0.2, 0.25) is 0 Å². The number of hydrogen-bond acceptors (Lipinski definition) is 7. The van der Waals surface area contributed by atoms with Crippen LogP contribution in [-0.2, 0) is 19.1 Å². The van der Waals surface area contributed by atoms with Crippen molar-refractivity contribution in [3.05, 3.63) is 35.4 Å². The molecule has 1 heterocycles. The lowest BCUT2D eigenvalue weighted by molar-refractivity contribution is -0.144. The fraction of sp³-hybridized carbons (Fsp3) is 0.316. The van der Waals surface area contributed by atoms with Crippen molar-refractivity contribution in [2.75, 3.05) is 35.0 Å². The summed E-state index contributed by atoms with van der Waals surface area (Å²) >= 11 is 0. The molecule has 0 radical (unpaired) electrons. The first-order valence-electron chi connectivity index (χ1n) is 8.09. The summed E-state index contributed by atoms with van der Waals surface area (Å²) in [6.07, 6.45) is 4.63. The van der Waals surface area contributed by atoms with Gasteiger partial charge in [0, 0.05) is 12.6 Å². The van der Waals surface area contributed by atoms with Crippen molar-refractivity contribution in [3.8, 4) is 17.2 Å². The number of methoxy groups -OCH3 is 4. The number of rotatable bonds is 6. The molecular weight excluding hydrogens is 354 g/mol. The van der Waals surface area contributed by atoms with Gasteiger partial charge in [-0.1, -0.05) is 6.08 Å². The zero-order valence-electron chi connectivity index (χ0n) is 15.6. The van der Waals surface area contributed by atoms with E-state index in [9.17, 15) is 14.4 Å². The van der Waals surface area contributed by atoms with E-state index in [2.05, 4.69) is 4.74 Å². The van der Waals surface area contributed by atoms with Gasteiger partial charge in [0.15, 0.2) is 11.5 Å². The normalized spacial score (nSPS) is 14.0. The van der Waals surface area contributed by atoms with Gasteiger partial charge in [0.05, 0.1) is 28.4 Å². The molecule has 0 saturated carbocycles. The zero-order chi connectivity index (χ0) is 20.0. The summed E-state index contributed by atoms with van der Waals surface area (Å²) in [6.45, 7) is 0.192. The minimum atomic E-state index is -0.758. The summed E-state index contributed by atoms with van der Waals surface area (Å²) in [5.74, 6) is -0.660. The fourth-order valence-corrected chi connectivity index (χ4v) is 2.62. The Kier molecular flexibility index (Phi) is 6.59. The van der Waals surface area contributed by atoms with Crippen LogP contribution >= 0.6 is 0 Å². The molecule has 2 amide bonds. The molecule has 0 aromatic heterocycles. The molecule has 0 N–H and O–H groups in total. The Morgan fingerprint density at radius 1 is 1.04 bits per heavy atom. The lowest BCUT2D eigenvalue weighted by Crippen LogP contribution is -2.41. The highest BCUT2D eigenvalue weighted by atomic mass is 16.5. The molecule has 1 aliphatic heterocycles. The molecule has 1 aromatic carbocycles. The largest absolute Gasteiger partial charge is 0.493 e. The Bertz CT molecular complexity index is 785. The Balaban J connectivity index is 2.23. The molecule has 1 aliphatic rings. The molecule has 0 aliphatic carbocycles. The van der Waals surface area contributed by atoms with Crippen molar-refractivity contribution < 1.29 is 33.3 Å². The van der Waals surface area contributed by atoms with Crippen LogP contribution in [0.15, 0.2) is 29.9 Å². The van der Waals surface area contributed by atoms with Gasteiger partial charge < -0.3 is 18.9 Å². The van der Waals surface area contributed by atoms with Crippen molar-refractivity contribution in [2.45, 2.75) is 6.42 Å². The van der Waals surface area contributed by atoms with Crippen LogP contribution in [0.1, 0.15) is 12.0 Å². The first-order valence-corrected chi connectivity index (χ1v) is 8.09. The number of carbonyl (C=O) groups excluding carboxylic acids is 3. The van der Waals surface area contributed by atoms with Gasteiger partial charge in [0.2, 0.25) is 5.75 Å². The van der Waals surface area contributed by atoms with E-state index < -0.39 is 17.8 Å². The van der Waals surface area contributed by atoms with Crippen molar-refractivity contribution in [1.29, 1.82) is 0 Å². The fourth-order valence-electron chi connectivity index (χ4n) is 2.62. The second-order valence-corrected chi connectivity index (χ2v) is 5.49. The maximum atomic E-state index is 12.4. The summed E-state index contributed by atoms with van der Waals surface area (Å²) in [4.78, 5) is 37.4. The molecule has 144 valence electrons. The number of carbonyl (C=O) groups is 3. The second-order valence-electron chi connectivity index (χ2n) is 5.49. The van der Waals surface area contributed by atoms with Gasteiger partial charge in [-0.25, -0.2) is 4.79 Å². The molecule has 0 fully saturated rings. The van der Waals surface area contributed by atoms with Crippen molar-refractivity contribution in [3.63, 3.8) is 0 Å². The van der Waals surface area contributed by atoms with Gasteiger partial charge in [-0.2, -0.15) is 0 Å². The quantitative estimate of drug-likeness (QED) is 0.423. The van der Waals surface area contributed by atoms with E-state index in [0.29, 0.717) is 29.2 Å². The predicted octanol–water partition coefficient (Wildman–Crippen LogP) is 1.58. The second kappa shape index (κ2) is 8.88. The molecule has 0 atom stereocenters. The third kappa shape index (κ3) is 4.28. The third-order valence-electron chi connectivity index (χ3n) is 3.95. The van der Waals surface area contributed by atoms with E-state index in [1.807, 2.05) is 0 Å². The monoisotopic (exact) mass is 375 g/mol. The van der Waals surface area contributed by atoms with E-state index in [0.717, 1.165) is 4.90 Å². The average Bonchev–Trinajstić information content (AvgIpc) is 2.70. The maximum absolute atomic E-state index is 12.4. The topological polar surface area (TPSA) is 91.4 Å². The van der Waals surface area contributed by atoms with Crippen molar-refractivity contribution in [2.24, 2.45) is 0 Å². The first-order chi connectivity index (χ1) is 13.0. The predicted molar refractivity (Wildman–Crippen MR) is 96.6 cm³/mol. The minimum absolute atomic E-state index is 0.140. The van der Waals surface area contributed by atoms with E-state index in [4.69, 9.17) is 14.2 Å². The summed E-state index contributed by atoms with van der Waals surface area (Å²) in [6, 6.07) is 3.34. The summed E-state index contributed by atoms with van der Waals surface area (Å²) in [5.41, 5.74) is 0.476. The minimum Gasteiger partial charge on any atom is -0.493 e. The highest BCUT2D eigenvalue weighted by molar-refractivity contribution is 6.21. The standard InChI is InChI=1S/C19H21NO7/c1-24-14-10-12(11-15(25-2)17(14)26-3)7-8-16(21)20-9-5-6-13(18(20)22)19(23)27-4/h6-8,10-11H,5,9H2,1-4H3/b8-7+. The van der Waals surface area contributed by atoms with Gasteiger partial charge in [-0.15, -0.1) is 0 Å². The van der Waals surface area contributed by atoms with Gasteiger partial charge in [-0.05, 0) is 30.2 Å². The van der Waals surface area contributed by atoms with E-state index >= 15 is 0 Å². The lowest BCUT2D eigenvalue weighted by atomic mass is 10.1. The van der Waals surface area contributed by atoms with Crippen molar-refractivity contribution in [1.82, 2.24) is 4.90 Å². The molecule has 0 saturated heterocycles. The molecule has 0 spiro atoms. The van der Waals surface area contributed by atoms with Crippen LogP contribution in [-0.4, -0.2) is 57.7 Å². The van der Waals surface area contributed by atoms with E-state index in [1.165, 1.54) is 46.7 Å². The van der Waals surface area contributed by atoms with Gasteiger partial charge >= 0.3 is 5.97 Å². The maximum Gasteiger partial charge on any atom is 0.343 e. The third-order valence-corrected chi connectivity index (χ3v) is 3.95.